The Morgan fingerprint density at radius 1 is 1.11 bits per heavy atom. The summed E-state index contributed by atoms with van der Waals surface area (Å²) in [6, 6.07) is 13.8. The highest BCUT2D eigenvalue weighted by Gasteiger charge is 2.28. The lowest BCUT2D eigenvalue weighted by Crippen LogP contribution is -2.33. The molecule has 3 rings (SSSR count). The van der Waals surface area contributed by atoms with Gasteiger partial charge in [0.15, 0.2) is 6.61 Å². The molecule has 7 heteroatoms. The zero-order valence-corrected chi connectivity index (χ0v) is 16.0. The molecule has 28 heavy (non-hydrogen) atoms. The van der Waals surface area contributed by atoms with E-state index in [4.69, 9.17) is 16.3 Å². The number of ether oxygens (including phenoxy) is 1. The minimum atomic E-state index is -0.573. The Morgan fingerprint density at radius 2 is 1.82 bits per heavy atom. The van der Waals surface area contributed by atoms with Gasteiger partial charge in [0.1, 0.15) is 0 Å². The van der Waals surface area contributed by atoms with Crippen molar-refractivity contribution < 1.29 is 19.1 Å². The van der Waals surface area contributed by atoms with E-state index >= 15 is 0 Å². The number of nitrogens with one attached hydrogen (secondary N) is 1. The third kappa shape index (κ3) is 4.58. The fraction of sp³-hybridized carbons (Fsp3) is 0.190. The first kappa shape index (κ1) is 19.6. The van der Waals surface area contributed by atoms with Crippen molar-refractivity contribution in [3.05, 3.63) is 70.9 Å². The van der Waals surface area contributed by atoms with Crippen LogP contribution in [-0.4, -0.2) is 29.3 Å². The molecule has 1 aliphatic heterocycles. The predicted molar refractivity (Wildman–Crippen MR) is 106 cm³/mol. The molecule has 144 valence electrons. The van der Waals surface area contributed by atoms with Crippen LogP contribution in [0.15, 0.2) is 54.7 Å². The first-order valence-corrected chi connectivity index (χ1v) is 9.09. The summed E-state index contributed by atoms with van der Waals surface area (Å²) in [6.07, 6.45) is 3.43. The number of hydrogen-bond acceptors (Lipinski definition) is 4. The Kier molecular flexibility index (Phi) is 6.11. The molecular formula is C21H19ClN2O4. The molecule has 0 spiro atoms. The molecule has 2 aromatic carbocycles. The van der Waals surface area contributed by atoms with E-state index in [2.05, 4.69) is 5.32 Å². The van der Waals surface area contributed by atoms with Gasteiger partial charge in [-0.15, -0.1) is 0 Å². The largest absolute Gasteiger partial charge is 0.455 e. The van der Waals surface area contributed by atoms with E-state index in [9.17, 15) is 14.4 Å². The van der Waals surface area contributed by atoms with Crippen LogP contribution in [0.25, 0.3) is 6.08 Å². The smallest absolute Gasteiger partial charge is 0.308 e. The normalized spacial score (nSPS) is 14.9. The van der Waals surface area contributed by atoms with Crippen LogP contribution in [0.4, 0.5) is 5.69 Å². The molecule has 0 fully saturated rings. The number of fused-ring (bicyclic) bond motifs is 1. The molecule has 0 aromatic heterocycles. The molecular weight excluding hydrogens is 380 g/mol. The molecule has 0 aliphatic carbocycles. The van der Waals surface area contributed by atoms with Gasteiger partial charge >= 0.3 is 5.97 Å². The van der Waals surface area contributed by atoms with E-state index < -0.39 is 24.5 Å². The van der Waals surface area contributed by atoms with Crippen molar-refractivity contribution in [3.63, 3.8) is 0 Å². The second-order valence-corrected chi connectivity index (χ2v) is 6.69. The van der Waals surface area contributed by atoms with Crippen molar-refractivity contribution in [1.82, 2.24) is 4.90 Å². The molecule has 0 radical (unpaired) electrons. The maximum Gasteiger partial charge on any atom is 0.308 e. The number of carbonyl (C=O) groups is 3. The first-order chi connectivity index (χ1) is 13.5. The molecule has 1 N–H and O–H groups in total. The Hall–Kier alpha value is -3.12. The lowest BCUT2D eigenvalue weighted by Gasteiger charge is -2.32. The van der Waals surface area contributed by atoms with Gasteiger partial charge < -0.3 is 15.0 Å². The summed E-state index contributed by atoms with van der Waals surface area (Å²) in [5.41, 5.74) is 2.24. The fourth-order valence-electron chi connectivity index (χ4n) is 3.02. The van der Waals surface area contributed by atoms with Gasteiger partial charge in [-0.05, 0) is 29.3 Å². The Balaban J connectivity index is 1.62. The second-order valence-electron chi connectivity index (χ2n) is 6.28. The van der Waals surface area contributed by atoms with Crippen molar-refractivity contribution in [2.24, 2.45) is 0 Å². The molecule has 0 bridgehead atoms. The van der Waals surface area contributed by atoms with Crippen molar-refractivity contribution in [1.29, 1.82) is 0 Å². The average Bonchev–Trinajstić information content (AvgIpc) is 2.68. The molecule has 1 atom stereocenters. The fourth-order valence-corrected chi connectivity index (χ4v) is 3.21. The summed E-state index contributed by atoms with van der Waals surface area (Å²) in [6.45, 7) is 1.00. The number of rotatable bonds is 5. The van der Waals surface area contributed by atoms with Gasteiger partial charge in [0, 0.05) is 13.1 Å². The predicted octanol–water partition coefficient (Wildman–Crippen LogP) is 3.79. The van der Waals surface area contributed by atoms with Gasteiger partial charge in [-0.3, -0.25) is 14.4 Å². The molecule has 1 heterocycles. The van der Waals surface area contributed by atoms with Crippen LogP contribution in [0.3, 0.4) is 0 Å². The lowest BCUT2D eigenvalue weighted by molar-refractivity contribution is -0.149. The monoisotopic (exact) mass is 398 g/mol. The van der Waals surface area contributed by atoms with E-state index in [0.29, 0.717) is 10.7 Å². The van der Waals surface area contributed by atoms with E-state index in [-0.39, 0.29) is 12.3 Å². The number of para-hydroxylation sites is 1. The highest BCUT2D eigenvalue weighted by molar-refractivity contribution is 6.33. The highest BCUT2D eigenvalue weighted by atomic mass is 35.5. The molecule has 2 amide bonds. The van der Waals surface area contributed by atoms with Crippen LogP contribution in [0.2, 0.25) is 5.02 Å². The van der Waals surface area contributed by atoms with Gasteiger partial charge in [0.2, 0.25) is 5.91 Å². The van der Waals surface area contributed by atoms with Crippen molar-refractivity contribution in [3.8, 4) is 0 Å². The summed E-state index contributed by atoms with van der Waals surface area (Å²) in [7, 11) is 0. The van der Waals surface area contributed by atoms with E-state index in [1.54, 1.807) is 30.5 Å². The standard InChI is InChI=1S/C21H19ClN2O4/c1-14(25)24-11-10-15-6-2-3-7-16(15)19(24)12-21(27)28-13-20(26)23-18-9-5-4-8-17(18)22/h2-11,19H,12-13H2,1H3,(H,23,26)/t19-/m0/s1. The highest BCUT2D eigenvalue weighted by Crippen LogP contribution is 2.33. The number of anilines is 1. The van der Waals surface area contributed by atoms with Gasteiger partial charge in [0.25, 0.3) is 5.91 Å². The van der Waals surface area contributed by atoms with Crippen LogP contribution >= 0.6 is 11.6 Å². The van der Waals surface area contributed by atoms with Crippen LogP contribution in [0, 0.1) is 0 Å². The lowest BCUT2D eigenvalue weighted by atomic mass is 9.94. The topological polar surface area (TPSA) is 75.7 Å². The van der Waals surface area contributed by atoms with E-state index in [0.717, 1.165) is 11.1 Å². The minimum Gasteiger partial charge on any atom is -0.455 e. The average molecular weight is 399 g/mol. The molecule has 0 unspecified atom stereocenters. The Bertz CT molecular complexity index is 942. The molecule has 6 nitrogen and oxygen atoms in total. The maximum atomic E-state index is 12.3. The third-order valence-corrected chi connectivity index (χ3v) is 4.67. The van der Waals surface area contributed by atoms with Gasteiger partial charge in [-0.1, -0.05) is 48.0 Å². The van der Waals surface area contributed by atoms with Crippen molar-refractivity contribution in [2.45, 2.75) is 19.4 Å². The van der Waals surface area contributed by atoms with Crippen molar-refractivity contribution in [2.75, 3.05) is 11.9 Å². The Labute approximate surface area is 167 Å². The number of carbonyl (C=O) groups excluding carboxylic acids is 3. The summed E-state index contributed by atoms with van der Waals surface area (Å²) in [4.78, 5) is 37.8. The minimum absolute atomic E-state index is 0.0553. The maximum absolute atomic E-state index is 12.3. The molecule has 0 saturated heterocycles. The summed E-state index contributed by atoms with van der Waals surface area (Å²) >= 11 is 5.99. The van der Waals surface area contributed by atoms with Crippen LogP contribution in [0.1, 0.15) is 30.5 Å². The number of amides is 2. The van der Waals surface area contributed by atoms with Crippen LogP contribution in [-0.2, 0) is 19.1 Å². The van der Waals surface area contributed by atoms with Gasteiger partial charge in [-0.25, -0.2) is 0 Å². The van der Waals surface area contributed by atoms with E-state index in [1.807, 2.05) is 30.3 Å². The molecule has 2 aromatic rings. The summed E-state index contributed by atoms with van der Waals surface area (Å²) < 4.78 is 5.11. The number of benzene rings is 2. The number of nitrogens with zero attached hydrogens (tertiary/aromatic N) is 1. The second kappa shape index (κ2) is 8.71. The molecule has 1 aliphatic rings. The third-order valence-electron chi connectivity index (χ3n) is 4.34. The zero-order chi connectivity index (χ0) is 20.1. The quantitative estimate of drug-likeness (QED) is 0.777. The number of halogens is 1. The van der Waals surface area contributed by atoms with Gasteiger partial charge in [0.05, 0.1) is 23.2 Å². The van der Waals surface area contributed by atoms with Crippen LogP contribution < -0.4 is 5.32 Å². The molecule has 0 saturated carbocycles. The SMILES string of the molecule is CC(=O)N1C=Cc2ccccc2[C@@H]1CC(=O)OCC(=O)Nc1ccccc1Cl. The number of hydrogen-bond donors (Lipinski definition) is 1. The first-order valence-electron chi connectivity index (χ1n) is 8.71. The zero-order valence-electron chi connectivity index (χ0n) is 15.2. The summed E-state index contributed by atoms with van der Waals surface area (Å²) in [5, 5.41) is 2.98. The number of esters is 1. The van der Waals surface area contributed by atoms with E-state index in [1.165, 1.54) is 11.8 Å². The Morgan fingerprint density at radius 3 is 2.57 bits per heavy atom. The van der Waals surface area contributed by atoms with Crippen LogP contribution in [0.5, 0.6) is 0 Å². The van der Waals surface area contributed by atoms with Gasteiger partial charge in [-0.2, -0.15) is 0 Å². The van der Waals surface area contributed by atoms with Crippen molar-refractivity contribution >= 4 is 41.1 Å². The summed E-state index contributed by atoms with van der Waals surface area (Å²) in [5.74, 6) is -1.25.